The van der Waals surface area contributed by atoms with Crippen LogP contribution in [0.25, 0.3) is 0 Å². The number of hydrazone groups is 1. The number of fused-ring (bicyclic) bond motifs is 1. The number of phenolic OH excluding ortho intramolecular Hbond substituents is 1. The molecular formula is C17H14I2N2O3. The van der Waals surface area contributed by atoms with Crippen LogP contribution in [0.5, 0.6) is 5.75 Å². The van der Waals surface area contributed by atoms with Gasteiger partial charge in [-0.15, -0.1) is 0 Å². The Bertz CT molecular complexity index is 750. The molecule has 0 spiro atoms. The first-order chi connectivity index (χ1) is 11.5. The normalized spacial score (nSPS) is 31.3. The predicted octanol–water partition coefficient (Wildman–Crippen LogP) is 3.13. The molecule has 0 aromatic heterocycles. The quantitative estimate of drug-likeness (QED) is 0.268. The van der Waals surface area contributed by atoms with Gasteiger partial charge in [0.1, 0.15) is 5.75 Å². The van der Waals surface area contributed by atoms with Crippen LogP contribution in [0.1, 0.15) is 18.4 Å². The van der Waals surface area contributed by atoms with Crippen LogP contribution in [0.4, 0.5) is 0 Å². The summed E-state index contributed by atoms with van der Waals surface area (Å²) < 4.78 is 1.41. The maximum Gasteiger partial charge on any atom is 0.254 e. The minimum atomic E-state index is -0.238. The second-order valence-electron chi connectivity index (χ2n) is 6.41. The van der Waals surface area contributed by atoms with E-state index in [-0.39, 0.29) is 41.2 Å². The van der Waals surface area contributed by atoms with Crippen molar-refractivity contribution in [3.8, 4) is 5.75 Å². The summed E-state index contributed by atoms with van der Waals surface area (Å²) in [5.41, 5.74) is 0.748. The second kappa shape index (κ2) is 6.08. The van der Waals surface area contributed by atoms with Crippen LogP contribution < -0.4 is 0 Å². The van der Waals surface area contributed by atoms with Gasteiger partial charge in [-0.3, -0.25) is 9.59 Å². The average molecular weight is 548 g/mol. The van der Waals surface area contributed by atoms with Crippen molar-refractivity contribution in [3.05, 3.63) is 37.0 Å². The number of carbonyl (C=O) groups is 2. The Hall–Kier alpha value is -0.970. The molecule has 7 heteroatoms. The number of nitrogens with zero attached hydrogens (tertiary/aromatic N) is 2. The molecule has 24 heavy (non-hydrogen) atoms. The number of imide groups is 1. The summed E-state index contributed by atoms with van der Waals surface area (Å²) in [6.07, 6.45) is 7.67. The van der Waals surface area contributed by atoms with E-state index >= 15 is 0 Å². The highest BCUT2D eigenvalue weighted by molar-refractivity contribution is 14.1. The summed E-state index contributed by atoms with van der Waals surface area (Å²) in [6.45, 7) is 0. The molecule has 124 valence electrons. The van der Waals surface area contributed by atoms with Crippen molar-refractivity contribution in [3.63, 3.8) is 0 Å². The highest BCUT2D eigenvalue weighted by Crippen LogP contribution is 2.49. The topological polar surface area (TPSA) is 70.0 Å². The third kappa shape index (κ3) is 2.51. The van der Waals surface area contributed by atoms with Gasteiger partial charge in [-0.25, -0.2) is 0 Å². The Morgan fingerprint density at radius 3 is 2.00 bits per heavy atom. The number of hydrogen-bond donors (Lipinski definition) is 1. The Labute approximate surface area is 166 Å². The lowest BCUT2D eigenvalue weighted by Gasteiger charge is -2.37. The van der Waals surface area contributed by atoms with Crippen molar-refractivity contribution in [1.29, 1.82) is 0 Å². The second-order valence-corrected chi connectivity index (χ2v) is 8.73. The van der Waals surface area contributed by atoms with Gasteiger partial charge in [0.2, 0.25) is 0 Å². The van der Waals surface area contributed by atoms with Crippen molar-refractivity contribution in [2.24, 2.45) is 28.8 Å². The molecule has 2 bridgehead atoms. The molecule has 5 nitrogen and oxygen atoms in total. The van der Waals surface area contributed by atoms with Gasteiger partial charge in [0.25, 0.3) is 11.8 Å². The van der Waals surface area contributed by atoms with Crippen molar-refractivity contribution >= 4 is 63.2 Å². The molecule has 1 saturated heterocycles. The molecular weight excluding hydrogens is 534 g/mol. The maximum atomic E-state index is 12.7. The molecule has 1 aromatic carbocycles. The number of aromatic hydroxyl groups is 1. The number of allylic oxidation sites excluding steroid dienone is 2. The Morgan fingerprint density at radius 1 is 1.04 bits per heavy atom. The Morgan fingerprint density at radius 2 is 1.54 bits per heavy atom. The molecule has 4 atom stereocenters. The van der Waals surface area contributed by atoms with E-state index < -0.39 is 0 Å². The van der Waals surface area contributed by atoms with E-state index in [4.69, 9.17) is 0 Å². The van der Waals surface area contributed by atoms with Crippen LogP contribution in [0.15, 0.2) is 29.4 Å². The lowest BCUT2D eigenvalue weighted by atomic mass is 9.63. The van der Waals surface area contributed by atoms with Crippen LogP contribution in [0, 0.1) is 30.8 Å². The van der Waals surface area contributed by atoms with Gasteiger partial charge in [0, 0.05) is 0 Å². The maximum absolute atomic E-state index is 12.7. The summed E-state index contributed by atoms with van der Waals surface area (Å²) in [5.74, 6) is -0.251. The summed E-state index contributed by atoms with van der Waals surface area (Å²) >= 11 is 4.08. The van der Waals surface area contributed by atoms with Gasteiger partial charge in [-0.1, -0.05) is 12.2 Å². The Balaban J connectivity index is 1.62. The number of hydrogen-bond acceptors (Lipinski definition) is 4. The number of carbonyl (C=O) groups excluding carboxylic acids is 2. The minimum Gasteiger partial charge on any atom is -0.506 e. The van der Waals surface area contributed by atoms with Gasteiger partial charge < -0.3 is 5.11 Å². The monoisotopic (exact) mass is 548 g/mol. The molecule has 1 N–H and O–H groups in total. The largest absolute Gasteiger partial charge is 0.506 e. The third-order valence-electron chi connectivity index (χ3n) is 5.10. The van der Waals surface area contributed by atoms with E-state index in [2.05, 4.69) is 17.3 Å². The number of rotatable bonds is 2. The summed E-state index contributed by atoms with van der Waals surface area (Å²) in [7, 11) is 0. The van der Waals surface area contributed by atoms with Crippen LogP contribution in [-0.4, -0.2) is 28.1 Å². The fraction of sp³-hybridized carbons (Fsp3) is 0.353. The molecule has 1 heterocycles. The first kappa shape index (κ1) is 16.5. The fourth-order valence-electron chi connectivity index (χ4n) is 3.96. The standard InChI is InChI=1S/C17H14I2N2O3/c18-11-5-8(6-12(19)15(11)22)7-20-21-16(23)13-9-1-2-10(4-3-9)14(13)17(21)24/h1-2,5-7,9-10,13-14,22H,3-4H2/b20-7-/t9-,10-,13-,14-/m1/s1. The van der Waals surface area contributed by atoms with Crippen molar-refractivity contribution < 1.29 is 14.7 Å². The predicted molar refractivity (Wildman–Crippen MR) is 105 cm³/mol. The van der Waals surface area contributed by atoms with E-state index in [0.29, 0.717) is 7.14 Å². The zero-order chi connectivity index (χ0) is 17.0. The molecule has 0 radical (unpaired) electrons. The lowest BCUT2D eigenvalue weighted by molar-refractivity contribution is -0.140. The molecule has 1 aromatic rings. The molecule has 4 aliphatic rings. The molecule has 3 aliphatic carbocycles. The van der Waals surface area contributed by atoms with Gasteiger partial charge >= 0.3 is 0 Å². The van der Waals surface area contributed by atoms with Gasteiger partial charge in [-0.2, -0.15) is 10.1 Å². The van der Waals surface area contributed by atoms with Crippen molar-refractivity contribution in [2.75, 3.05) is 0 Å². The summed E-state index contributed by atoms with van der Waals surface area (Å²) in [4.78, 5) is 25.3. The zero-order valence-electron chi connectivity index (χ0n) is 12.5. The molecule has 5 rings (SSSR count). The lowest BCUT2D eigenvalue weighted by Crippen LogP contribution is -2.38. The molecule has 1 aliphatic heterocycles. The highest BCUT2D eigenvalue weighted by Gasteiger charge is 2.56. The van der Waals surface area contributed by atoms with E-state index in [0.717, 1.165) is 23.4 Å². The van der Waals surface area contributed by atoms with Crippen LogP contribution >= 0.6 is 45.2 Å². The van der Waals surface area contributed by atoms with Crippen molar-refractivity contribution in [2.45, 2.75) is 12.8 Å². The minimum absolute atomic E-state index is 0.173. The molecule has 1 saturated carbocycles. The Kier molecular flexibility index (Phi) is 4.18. The van der Waals surface area contributed by atoms with Crippen LogP contribution in [-0.2, 0) is 9.59 Å². The van der Waals surface area contributed by atoms with Crippen LogP contribution in [0.2, 0.25) is 0 Å². The number of halogens is 2. The SMILES string of the molecule is O=C1[C@H]2[C@H](C(=O)N1/N=C\c1cc(I)c(O)c(I)c1)[C@@H]1C=C[C@@H]2CC1. The van der Waals surface area contributed by atoms with Gasteiger partial charge in [-0.05, 0) is 87.6 Å². The highest BCUT2D eigenvalue weighted by atomic mass is 127. The smallest absolute Gasteiger partial charge is 0.254 e. The molecule has 2 fully saturated rings. The first-order valence-corrected chi connectivity index (χ1v) is 9.91. The van der Waals surface area contributed by atoms with E-state index in [9.17, 15) is 14.7 Å². The first-order valence-electron chi connectivity index (χ1n) is 7.75. The molecule has 0 unspecified atom stereocenters. The number of phenols is 1. The summed E-state index contributed by atoms with van der Waals surface area (Å²) in [6, 6.07) is 3.54. The average Bonchev–Trinajstić information content (AvgIpc) is 2.85. The van der Waals surface area contributed by atoms with Crippen molar-refractivity contribution in [1.82, 2.24) is 5.01 Å². The van der Waals surface area contributed by atoms with Gasteiger partial charge in [0.15, 0.2) is 0 Å². The van der Waals surface area contributed by atoms with E-state index in [1.165, 1.54) is 6.21 Å². The fourth-order valence-corrected chi connectivity index (χ4v) is 5.77. The third-order valence-corrected chi connectivity index (χ3v) is 6.74. The number of amides is 2. The molecule has 2 amide bonds. The zero-order valence-corrected chi connectivity index (χ0v) is 16.8. The van der Waals surface area contributed by atoms with E-state index in [1.54, 1.807) is 12.1 Å². The number of benzene rings is 1. The van der Waals surface area contributed by atoms with E-state index in [1.807, 2.05) is 45.2 Å². The summed E-state index contributed by atoms with van der Waals surface area (Å²) in [5, 5.41) is 15.1. The van der Waals surface area contributed by atoms with Gasteiger partial charge in [0.05, 0.1) is 25.2 Å². The van der Waals surface area contributed by atoms with Crippen LogP contribution in [0.3, 0.4) is 0 Å².